The number of aldehydes is 2. The lowest BCUT2D eigenvalue weighted by Gasteiger charge is -2.23. The Morgan fingerprint density at radius 3 is 2.03 bits per heavy atom. The van der Waals surface area contributed by atoms with Gasteiger partial charge >= 0.3 is 0 Å². The van der Waals surface area contributed by atoms with E-state index in [2.05, 4.69) is 67.6 Å². The van der Waals surface area contributed by atoms with Crippen LogP contribution in [0.5, 0.6) is 0 Å². The predicted molar refractivity (Wildman–Crippen MR) is 138 cm³/mol. The Balaban J connectivity index is 1.74. The van der Waals surface area contributed by atoms with E-state index < -0.39 is 0 Å². The highest BCUT2D eigenvalue weighted by Crippen LogP contribution is 2.52. The second kappa shape index (κ2) is 9.44. The summed E-state index contributed by atoms with van der Waals surface area (Å²) in [5.41, 5.74) is 10.0. The highest BCUT2D eigenvalue weighted by Gasteiger charge is 2.33. The van der Waals surface area contributed by atoms with Crippen molar-refractivity contribution in [3.63, 3.8) is 0 Å². The van der Waals surface area contributed by atoms with Gasteiger partial charge in [0.1, 0.15) is 12.6 Å². The number of carbonyl (C=O) groups excluding carboxylic acids is 2. The minimum Gasteiger partial charge on any atom is -0.298 e. The third-order valence-corrected chi connectivity index (χ3v) is 6.84. The summed E-state index contributed by atoms with van der Waals surface area (Å²) >= 11 is 0. The summed E-state index contributed by atoms with van der Waals surface area (Å²) in [5, 5.41) is 0. The maximum Gasteiger partial charge on any atom is 0.150 e. The maximum absolute atomic E-state index is 11.5. The molecular formula is C32H26O2. The van der Waals surface area contributed by atoms with Crippen LogP contribution in [0.25, 0.3) is 11.1 Å². The maximum atomic E-state index is 11.5. The van der Waals surface area contributed by atoms with E-state index in [0.717, 1.165) is 30.1 Å². The van der Waals surface area contributed by atoms with Crippen LogP contribution < -0.4 is 0 Å². The van der Waals surface area contributed by atoms with E-state index in [1.165, 1.54) is 33.4 Å². The summed E-state index contributed by atoms with van der Waals surface area (Å²) in [6.07, 6.45) is 9.07. The van der Waals surface area contributed by atoms with Crippen molar-refractivity contribution in [3.05, 3.63) is 142 Å². The first-order valence-corrected chi connectivity index (χ1v) is 11.7. The van der Waals surface area contributed by atoms with E-state index in [9.17, 15) is 9.59 Å². The van der Waals surface area contributed by atoms with Crippen LogP contribution in [0.2, 0.25) is 0 Å². The van der Waals surface area contributed by atoms with Gasteiger partial charge in [0.25, 0.3) is 0 Å². The Hall–Kier alpha value is -4.04. The standard InChI is InChI=1S/C32H26O2/c1-22-18-27(16-17-28(22)21-34)30-19-29(24-14-12-23(20-33)13-15-24)31(25-8-4-2-5-9-25)32(30)26-10-6-3-7-11-26/h2-17,19-22,31H,18H2,1H3. The molecule has 0 saturated carbocycles. The summed E-state index contributed by atoms with van der Waals surface area (Å²) in [4.78, 5) is 22.7. The van der Waals surface area contributed by atoms with Crippen molar-refractivity contribution in [2.45, 2.75) is 19.3 Å². The van der Waals surface area contributed by atoms with E-state index in [0.29, 0.717) is 5.56 Å². The molecule has 0 amide bonds. The molecule has 2 heteroatoms. The first-order chi connectivity index (χ1) is 16.7. The Morgan fingerprint density at radius 1 is 0.735 bits per heavy atom. The van der Waals surface area contributed by atoms with Gasteiger partial charge in [-0.3, -0.25) is 9.59 Å². The van der Waals surface area contributed by atoms with Crippen molar-refractivity contribution < 1.29 is 9.59 Å². The second-order valence-electron chi connectivity index (χ2n) is 8.96. The Kier molecular flexibility index (Phi) is 6.05. The normalized spacial score (nSPS) is 19.9. The molecule has 0 aliphatic heterocycles. The zero-order chi connectivity index (χ0) is 23.5. The van der Waals surface area contributed by atoms with Gasteiger partial charge in [-0.05, 0) is 63.0 Å². The van der Waals surface area contributed by atoms with Crippen LogP contribution in [-0.2, 0) is 4.79 Å². The zero-order valence-electron chi connectivity index (χ0n) is 19.1. The van der Waals surface area contributed by atoms with Gasteiger partial charge < -0.3 is 0 Å². The molecule has 3 aromatic rings. The molecule has 166 valence electrons. The molecule has 0 spiro atoms. The van der Waals surface area contributed by atoms with E-state index >= 15 is 0 Å². The predicted octanol–water partition coefficient (Wildman–Crippen LogP) is 7.23. The second-order valence-corrected chi connectivity index (χ2v) is 8.96. The fourth-order valence-electron chi connectivity index (χ4n) is 5.06. The minimum absolute atomic E-state index is 0.0633. The topological polar surface area (TPSA) is 34.1 Å². The average Bonchev–Trinajstić information content (AvgIpc) is 3.30. The van der Waals surface area contributed by atoms with Gasteiger partial charge in [0.15, 0.2) is 0 Å². The molecular weight excluding hydrogens is 416 g/mol. The summed E-state index contributed by atoms with van der Waals surface area (Å²) in [6, 6.07) is 29.0. The van der Waals surface area contributed by atoms with Crippen molar-refractivity contribution in [2.24, 2.45) is 5.92 Å². The van der Waals surface area contributed by atoms with Crippen LogP contribution in [0.1, 0.15) is 46.3 Å². The molecule has 0 aromatic heterocycles. The van der Waals surface area contributed by atoms with E-state index in [-0.39, 0.29) is 11.8 Å². The molecule has 2 aliphatic rings. The molecule has 2 unspecified atom stereocenters. The van der Waals surface area contributed by atoms with Gasteiger partial charge in [0.05, 0.1) is 0 Å². The molecule has 2 nitrogen and oxygen atoms in total. The van der Waals surface area contributed by atoms with E-state index in [1.807, 2.05) is 42.5 Å². The van der Waals surface area contributed by atoms with Crippen molar-refractivity contribution in [3.8, 4) is 0 Å². The number of hydrogen-bond acceptors (Lipinski definition) is 2. The Bertz CT molecular complexity index is 1340. The number of carbonyl (C=O) groups is 2. The zero-order valence-corrected chi connectivity index (χ0v) is 19.1. The lowest BCUT2D eigenvalue weighted by molar-refractivity contribution is -0.105. The van der Waals surface area contributed by atoms with Crippen molar-refractivity contribution in [1.82, 2.24) is 0 Å². The molecule has 34 heavy (non-hydrogen) atoms. The van der Waals surface area contributed by atoms with Crippen LogP contribution in [0.3, 0.4) is 0 Å². The number of allylic oxidation sites excluding steroid dienone is 8. The molecule has 0 bridgehead atoms. The molecule has 0 saturated heterocycles. The highest BCUT2D eigenvalue weighted by atomic mass is 16.1. The third-order valence-electron chi connectivity index (χ3n) is 6.84. The average molecular weight is 443 g/mol. The third kappa shape index (κ3) is 4.04. The number of benzene rings is 3. The van der Waals surface area contributed by atoms with Crippen molar-refractivity contribution >= 4 is 23.7 Å². The van der Waals surface area contributed by atoms with E-state index in [4.69, 9.17) is 0 Å². The summed E-state index contributed by atoms with van der Waals surface area (Å²) in [5.74, 6) is 0.245. The van der Waals surface area contributed by atoms with Crippen LogP contribution >= 0.6 is 0 Å². The molecule has 0 N–H and O–H groups in total. The molecule has 5 rings (SSSR count). The largest absolute Gasteiger partial charge is 0.298 e. The smallest absolute Gasteiger partial charge is 0.150 e. The monoisotopic (exact) mass is 442 g/mol. The minimum atomic E-state index is 0.0633. The van der Waals surface area contributed by atoms with Crippen LogP contribution in [0.15, 0.2) is 120 Å². The van der Waals surface area contributed by atoms with Gasteiger partial charge in [0, 0.05) is 11.5 Å². The number of rotatable bonds is 6. The van der Waals surface area contributed by atoms with Crippen LogP contribution in [0.4, 0.5) is 0 Å². The quantitative estimate of drug-likeness (QED) is 0.378. The van der Waals surface area contributed by atoms with Gasteiger partial charge in [-0.2, -0.15) is 0 Å². The molecule has 0 radical (unpaired) electrons. The van der Waals surface area contributed by atoms with Crippen molar-refractivity contribution in [2.75, 3.05) is 0 Å². The summed E-state index contributed by atoms with van der Waals surface area (Å²) < 4.78 is 0. The fourth-order valence-corrected chi connectivity index (χ4v) is 5.06. The molecule has 2 atom stereocenters. The molecule has 0 fully saturated rings. The SMILES string of the molecule is CC1CC(C2=C(c3ccccc3)C(c3ccccc3)C(c3ccc(C=O)cc3)=C2)=CC=C1C=O. The van der Waals surface area contributed by atoms with Gasteiger partial charge in [-0.25, -0.2) is 0 Å². The van der Waals surface area contributed by atoms with Gasteiger partial charge in [0.2, 0.25) is 0 Å². The summed E-state index contributed by atoms with van der Waals surface area (Å²) in [6.45, 7) is 2.11. The molecule has 0 heterocycles. The first kappa shape index (κ1) is 21.8. The lowest BCUT2D eigenvalue weighted by Crippen LogP contribution is -2.08. The summed E-state index contributed by atoms with van der Waals surface area (Å²) in [7, 11) is 0. The van der Waals surface area contributed by atoms with Crippen molar-refractivity contribution in [1.29, 1.82) is 0 Å². The molecule has 2 aliphatic carbocycles. The Morgan fingerprint density at radius 2 is 1.41 bits per heavy atom. The Labute approximate surface area is 200 Å². The fraction of sp³-hybridized carbons (Fsp3) is 0.125. The first-order valence-electron chi connectivity index (χ1n) is 11.7. The van der Waals surface area contributed by atoms with E-state index in [1.54, 1.807) is 0 Å². The van der Waals surface area contributed by atoms with Crippen LogP contribution in [-0.4, -0.2) is 12.6 Å². The van der Waals surface area contributed by atoms with Crippen LogP contribution in [0, 0.1) is 5.92 Å². The lowest BCUT2D eigenvalue weighted by atomic mass is 9.80. The number of hydrogen-bond donors (Lipinski definition) is 0. The molecule has 3 aromatic carbocycles. The highest BCUT2D eigenvalue weighted by molar-refractivity contribution is 5.98. The van der Waals surface area contributed by atoms with Gasteiger partial charge in [-0.1, -0.05) is 104 Å². The van der Waals surface area contributed by atoms with Gasteiger partial charge in [-0.15, -0.1) is 0 Å².